The number of hydroxylamine groups is 2. The van der Waals surface area contributed by atoms with Gasteiger partial charge in [0.25, 0.3) is 11.8 Å². The Labute approximate surface area is 179 Å². The molecule has 31 heavy (non-hydrogen) atoms. The van der Waals surface area contributed by atoms with Crippen molar-refractivity contribution in [2.24, 2.45) is 5.92 Å². The van der Waals surface area contributed by atoms with E-state index < -0.39 is 45.4 Å². The summed E-state index contributed by atoms with van der Waals surface area (Å²) in [6, 6.07) is 4.70. The lowest BCUT2D eigenvalue weighted by atomic mass is 9.99. The molecule has 3 rings (SSSR count). The summed E-state index contributed by atoms with van der Waals surface area (Å²) >= 11 is 0. The number of nitrogens with zero attached hydrogens (tertiary/aromatic N) is 1. The van der Waals surface area contributed by atoms with Gasteiger partial charge in [0.05, 0.1) is 22.6 Å². The second-order valence-electron chi connectivity index (χ2n) is 8.56. The summed E-state index contributed by atoms with van der Waals surface area (Å²) in [5.41, 5.74) is -0.643. The van der Waals surface area contributed by atoms with E-state index in [0.717, 1.165) is 0 Å². The molecule has 1 saturated heterocycles. The molecule has 0 spiro atoms. The zero-order valence-corrected chi connectivity index (χ0v) is 18.2. The predicted molar refractivity (Wildman–Crippen MR) is 108 cm³/mol. The quantitative estimate of drug-likeness (QED) is 0.663. The van der Waals surface area contributed by atoms with Crippen LogP contribution in [0, 0.1) is 5.92 Å². The first kappa shape index (κ1) is 22.7. The third kappa shape index (κ3) is 5.40. The minimum Gasteiger partial charge on any atom is -0.444 e. The van der Waals surface area contributed by atoms with E-state index in [-0.39, 0.29) is 35.0 Å². The molecule has 0 saturated carbocycles. The van der Waals surface area contributed by atoms with Crippen molar-refractivity contribution in [1.29, 1.82) is 0 Å². The molecule has 168 valence electrons. The average molecular weight is 452 g/mol. The molecule has 2 unspecified atom stereocenters. The highest BCUT2D eigenvalue weighted by molar-refractivity contribution is 7.91. The number of sulfone groups is 1. The summed E-state index contributed by atoms with van der Waals surface area (Å²) in [6.07, 6.45) is -0.618. The van der Waals surface area contributed by atoms with Crippen molar-refractivity contribution in [2.45, 2.75) is 45.3 Å². The Balaban J connectivity index is 1.75. The number of alkyl carbamates (subject to hydrolysis) is 1. The van der Waals surface area contributed by atoms with Crippen molar-refractivity contribution >= 4 is 33.7 Å². The first-order chi connectivity index (χ1) is 14.4. The molecular formula is C20H24N2O8S. The van der Waals surface area contributed by atoms with Crippen LogP contribution in [0.2, 0.25) is 0 Å². The SMILES string of the molecule is CC(C)(C)OC(=O)NC(CC1CCS(=O)(=O)C1)C(=O)ON1C(=O)c2ccccc2C1=O. The molecule has 0 radical (unpaired) electrons. The molecule has 11 heteroatoms. The number of ether oxygens (including phenoxy) is 1. The van der Waals surface area contributed by atoms with Gasteiger partial charge in [0.1, 0.15) is 11.6 Å². The molecule has 2 aliphatic rings. The van der Waals surface area contributed by atoms with E-state index in [4.69, 9.17) is 9.57 Å². The van der Waals surface area contributed by atoms with Crippen molar-refractivity contribution in [3.05, 3.63) is 35.4 Å². The number of hydrogen-bond acceptors (Lipinski definition) is 8. The van der Waals surface area contributed by atoms with Crippen molar-refractivity contribution in [3.63, 3.8) is 0 Å². The molecule has 2 aliphatic heterocycles. The van der Waals surface area contributed by atoms with Crippen molar-refractivity contribution in [1.82, 2.24) is 10.4 Å². The van der Waals surface area contributed by atoms with Crippen LogP contribution < -0.4 is 5.32 Å². The summed E-state index contributed by atoms with van der Waals surface area (Å²) in [4.78, 5) is 54.9. The molecule has 0 bridgehead atoms. The van der Waals surface area contributed by atoms with Crippen LogP contribution >= 0.6 is 0 Å². The van der Waals surface area contributed by atoms with Gasteiger partial charge in [-0.25, -0.2) is 18.0 Å². The molecule has 0 aromatic heterocycles. The molecule has 1 aromatic rings. The van der Waals surface area contributed by atoms with Gasteiger partial charge in [-0.3, -0.25) is 9.59 Å². The lowest BCUT2D eigenvalue weighted by molar-refractivity contribution is -0.171. The molecule has 1 N–H and O–H groups in total. The Morgan fingerprint density at radius 1 is 1.16 bits per heavy atom. The van der Waals surface area contributed by atoms with Gasteiger partial charge < -0.3 is 14.9 Å². The van der Waals surface area contributed by atoms with Crippen LogP contribution in [0.1, 0.15) is 54.3 Å². The van der Waals surface area contributed by atoms with Gasteiger partial charge in [-0.05, 0) is 51.7 Å². The number of hydrogen-bond donors (Lipinski definition) is 1. The third-order valence-corrected chi connectivity index (χ3v) is 6.65. The molecule has 10 nitrogen and oxygen atoms in total. The predicted octanol–water partition coefficient (Wildman–Crippen LogP) is 1.46. The Morgan fingerprint density at radius 2 is 1.74 bits per heavy atom. The van der Waals surface area contributed by atoms with Crippen molar-refractivity contribution in [3.8, 4) is 0 Å². The maximum Gasteiger partial charge on any atom is 0.408 e. The highest BCUT2D eigenvalue weighted by Crippen LogP contribution is 2.26. The zero-order chi connectivity index (χ0) is 23.0. The molecule has 0 aliphatic carbocycles. The van der Waals surface area contributed by atoms with Crippen LogP contribution in [0.15, 0.2) is 24.3 Å². The van der Waals surface area contributed by atoms with Crippen LogP contribution in [-0.2, 0) is 24.2 Å². The largest absolute Gasteiger partial charge is 0.444 e. The van der Waals surface area contributed by atoms with Gasteiger partial charge in [0.15, 0.2) is 9.84 Å². The van der Waals surface area contributed by atoms with E-state index in [2.05, 4.69) is 5.32 Å². The number of fused-ring (bicyclic) bond motifs is 1. The lowest BCUT2D eigenvalue weighted by Gasteiger charge is -2.24. The van der Waals surface area contributed by atoms with E-state index in [1.54, 1.807) is 32.9 Å². The summed E-state index contributed by atoms with van der Waals surface area (Å²) in [5.74, 6) is -3.18. The maximum absolute atomic E-state index is 12.8. The Bertz CT molecular complexity index is 993. The first-order valence-corrected chi connectivity index (χ1v) is 11.6. The smallest absolute Gasteiger partial charge is 0.408 e. The van der Waals surface area contributed by atoms with Gasteiger partial charge in [-0.15, -0.1) is 0 Å². The van der Waals surface area contributed by atoms with Gasteiger partial charge >= 0.3 is 12.1 Å². The number of nitrogens with one attached hydrogen (secondary N) is 1. The highest BCUT2D eigenvalue weighted by Gasteiger charge is 2.41. The Morgan fingerprint density at radius 3 is 2.23 bits per heavy atom. The maximum atomic E-state index is 12.8. The second-order valence-corrected chi connectivity index (χ2v) is 10.8. The standard InChI is InChI=1S/C20H24N2O8S/c1-20(2,3)29-19(26)21-15(10-12-8-9-31(27,28)11-12)18(25)30-22-16(23)13-6-4-5-7-14(13)17(22)24/h4-7,12,15H,8-11H2,1-3H3,(H,21,26). The fourth-order valence-corrected chi connectivity index (χ4v) is 5.34. The van der Waals surface area contributed by atoms with E-state index in [0.29, 0.717) is 11.5 Å². The average Bonchev–Trinajstić information content (AvgIpc) is 3.11. The van der Waals surface area contributed by atoms with Crippen LogP contribution in [0.4, 0.5) is 4.79 Å². The van der Waals surface area contributed by atoms with Crippen LogP contribution in [0.25, 0.3) is 0 Å². The normalized spacial score (nSPS) is 20.9. The minimum absolute atomic E-state index is 0.00964. The van der Waals surface area contributed by atoms with E-state index in [9.17, 15) is 27.6 Å². The van der Waals surface area contributed by atoms with Crippen LogP contribution in [0.3, 0.4) is 0 Å². The monoisotopic (exact) mass is 452 g/mol. The van der Waals surface area contributed by atoms with Gasteiger partial charge in [0, 0.05) is 0 Å². The number of carbonyl (C=O) groups excluding carboxylic acids is 4. The number of amides is 3. The number of carbonyl (C=O) groups is 4. The van der Waals surface area contributed by atoms with Gasteiger partial charge in [0.2, 0.25) is 0 Å². The third-order valence-electron chi connectivity index (χ3n) is 4.81. The van der Waals surface area contributed by atoms with Crippen molar-refractivity contribution in [2.75, 3.05) is 11.5 Å². The Kier molecular flexibility index (Phi) is 6.08. The molecule has 1 fully saturated rings. The van der Waals surface area contributed by atoms with E-state index >= 15 is 0 Å². The molecule has 2 heterocycles. The van der Waals surface area contributed by atoms with Crippen LogP contribution in [0.5, 0.6) is 0 Å². The lowest BCUT2D eigenvalue weighted by Crippen LogP contribution is -2.47. The molecule has 1 aromatic carbocycles. The number of imide groups is 1. The van der Waals surface area contributed by atoms with E-state index in [1.807, 2.05) is 0 Å². The van der Waals surface area contributed by atoms with Gasteiger partial charge in [-0.2, -0.15) is 0 Å². The van der Waals surface area contributed by atoms with Crippen molar-refractivity contribution < 1.29 is 37.2 Å². The van der Waals surface area contributed by atoms with E-state index in [1.165, 1.54) is 12.1 Å². The second kappa shape index (κ2) is 8.29. The highest BCUT2D eigenvalue weighted by atomic mass is 32.2. The fraction of sp³-hybridized carbons (Fsp3) is 0.500. The summed E-state index contributed by atoms with van der Waals surface area (Å²) in [7, 11) is -3.21. The minimum atomic E-state index is -3.21. The summed E-state index contributed by atoms with van der Waals surface area (Å²) in [5, 5.41) is 2.72. The zero-order valence-electron chi connectivity index (χ0n) is 17.4. The van der Waals surface area contributed by atoms with Crippen LogP contribution in [-0.4, -0.2) is 60.5 Å². The number of benzene rings is 1. The Hall–Kier alpha value is -2.95. The molecular weight excluding hydrogens is 428 g/mol. The fourth-order valence-electron chi connectivity index (χ4n) is 3.46. The topological polar surface area (TPSA) is 136 Å². The molecule has 3 amide bonds. The first-order valence-electron chi connectivity index (χ1n) is 9.76. The van der Waals surface area contributed by atoms with Gasteiger partial charge in [-0.1, -0.05) is 17.2 Å². The summed E-state index contributed by atoms with van der Waals surface area (Å²) < 4.78 is 28.7. The molecule has 2 atom stereocenters. The summed E-state index contributed by atoms with van der Waals surface area (Å²) in [6.45, 7) is 4.92. The number of rotatable bonds is 5.